The Morgan fingerprint density at radius 1 is 0.500 bits per heavy atom. The van der Waals surface area contributed by atoms with E-state index >= 15 is 0 Å². The van der Waals surface area contributed by atoms with Gasteiger partial charge in [0.1, 0.15) is 18.3 Å². The van der Waals surface area contributed by atoms with Crippen LogP contribution in [-0.4, -0.2) is 78.4 Å². The predicted octanol–water partition coefficient (Wildman–Crippen LogP) is 5.68. The van der Waals surface area contributed by atoms with Crippen LogP contribution in [0.1, 0.15) is 31.1 Å². The van der Waals surface area contributed by atoms with Gasteiger partial charge in [0.05, 0.1) is 34.3 Å². The van der Waals surface area contributed by atoms with Crippen LogP contribution in [0, 0.1) is 0 Å². The van der Waals surface area contributed by atoms with E-state index in [1.807, 2.05) is 4.90 Å². The van der Waals surface area contributed by atoms with Crippen molar-refractivity contribution in [3.8, 4) is 0 Å². The number of nitrogens with zero attached hydrogens (tertiary/aromatic N) is 1. The molecule has 0 heterocycles. The van der Waals surface area contributed by atoms with Gasteiger partial charge in [0.15, 0.2) is 0 Å². The van der Waals surface area contributed by atoms with Gasteiger partial charge in [-0.25, -0.2) is 14.4 Å². The molecule has 0 saturated carbocycles. The van der Waals surface area contributed by atoms with Crippen molar-refractivity contribution in [3.63, 3.8) is 0 Å². The van der Waals surface area contributed by atoms with E-state index in [0.29, 0.717) is 16.7 Å². The van der Waals surface area contributed by atoms with Gasteiger partial charge in [-0.3, -0.25) is 4.90 Å². The molecule has 3 aromatic carbocycles. The van der Waals surface area contributed by atoms with Gasteiger partial charge in [0.2, 0.25) is 0 Å². The van der Waals surface area contributed by atoms with Gasteiger partial charge in [-0.2, -0.15) is 0 Å². The van der Waals surface area contributed by atoms with E-state index in [1.165, 1.54) is 0 Å². The summed E-state index contributed by atoms with van der Waals surface area (Å²) in [5.74, 6) is -1.58. The van der Waals surface area contributed by atoms with E-state index < -0.39 is 36.2 Å². The molecule has 0 aliphatic rings. The Morgan fingerprint density at radius 3 is 0.975 bits per heavy atom. The van der Waals surface area contributed by atoms with Crippen LogP contribution in [0.2, 0.25) is 0 Å². The molecular weight excluding hydrogens is 577 g/mol. The van der Waals surface area contributed by atoms with Crippen molar-refractivity contribution < 1.29 is 28.6 Å². The lowest BCUT2D eigenvalue weighted by molar-refractivity contribution is -0.00118. The highest BCUT2D eigenvalue weighted by atomic mass is 35.5. The summed E-state index contributed by atoms with van der Waals surface area (Å²) in [7, 11) is 0. The fraction of sp³-hybridized carbons (Fsp3) is 0.300. The predicted molar refractivity (Wildman–Crippen MR) is 156 cm³/mol. The molecule has 0 spiro atoms. The first-order valence-corrected chi connectivity index (χ1v) is 14.2. The zero-order chi connectivity index (χ0) is 28.7. The minimum atomic E-state index is -0.726. The zero-order valence-corrected chi connectivity index (χ0v) is 23.9. The molecule has 0 bridgehead atoms. The molecule has 3 rings (SSSR count). The molecule has 0 radical (unpaired) electrons. The highest BCUT2D eigenvalue weighted by molar-refractivity contribution is 6.18. The molecule has 7 nitrogen and oxygen atoms in total. The van der Waals surface area contributed by atoms with Crippen molar-refractivity contribution >= 4 is 52.7 Å². The maximum absolute atomic E-state index is 12.7. The van der Waals surface area contributed by atoms with Crippen molar-refractivity contribution in [2.75, 3.05) is 37.3 Å². The van der Waals surface area contributed by atoms with Crippen LogP contribution in [0.15, 0.2) is 91.0 Å². The number of carbonyl (C=O) groups is 3. The average Bonchev–Trinajstić information content (AvgIpc) is 3.00. The first-order valence-electron chi connectivity index (χ1n) is 12.6. The normalized spacial score (nSPS) is 13.2. The quantitative estimate of drug-likeness (QED) is 0.125. The third kappa shape index (κ3) is 10.1. The molecule has 0 aliphatic carbocycles. The van der Waals surface area contributed by atoms with E-state index in [0.717, 1.165) is 0 Å². The van der Waals surface area contributed by atoms with Gasteiger partial charge in [-0.05, 0) is 36.4 Å². The molecule has 0 saturated heterocycles. The Bertz CT molecular complexity index is 1050. The number of halogens is 3. The monoisotopic (exact) mass is 605 g/mol. The summed E-state index contributed by atoms with van der Waals surface area (Å²) in [6, 6.07) is 25.6. The number of esters is 3. The van der Waals surface area contributed by atoms with Crippen LogP contribution in [0.4, 0.5) is 0 Å². The van der Waals surface area contributed by atoms with Crippen LogP contribution in [-0.2, 0) is 14.2 Å². The van der Waals surface area contributed by atoms with Crippen molar-refractivity contribution in [1.29, 1.82) is 0 Å². The summed E-state index contributed by atoms with van der Waals surface area (Å²) >= 11 is 18.6. The number of alkyl halides is 3. The highest BCUT2D eigenvalue weighted by Crippen LogP contribution is 2.14. The number of rotatable bonds is 15. The second-order valence-corrected chi connectivity index (χ2v) is 9.79. The second kappa shape index (κ2) is 16.9. The van der Waals surface area contributed by atoms with E-state index in [1.54, 1.807) is 91.0 Å². The van der Waals surface area contributed by atoms with E-state index in [-0.39, 0.29) is 37.3 Å². The maximum Gasteiger partial charge on any atom is 0.338 e. The fourth-order valence-electron chi connectivity index (χ4n) is 3.82. The van der Waals surface area contributed by atoms with Crippen LogP contribution >= 0.6 is 34.8 Å². The Balaban J connectivity index is 1.74. The summed E-state index contributed by atoms with van der Waals surface area (Å²) in [4.78, 5) is 39.8. The Morgan fingerprint density at radius 2 is 0.750 bits per heavy atom. The number of carbonyl (C=O) groups excluding carboxylic acids is 3. The van der Waals surface area contributed by atoms with Gasteiger partial charge < -0.3 is 14.2 Å². The molecule has 0 fully saturated rings. The van der Waals surface area contributed by atoms with E-state index in [2.05, 4.69) is 0 Å². The summed E-state index contributed by atoms with van der Waals surface area (Å²) in [6.45, 7) is 0.442. The summed E-state index contributed by atoms with van der Waals surface area (Å²) in [5, 5.41) is 0. The lowest BCUT2D eigenvalue weighted by atomic mass is 10.2. The smallest absolute Gasteiger partial charge is 0.338 e. The van der Waals surface area contributed by atoms with Crippen LogP contribution in [0.3, 0.4) is 0 Å². The molecule has 10 heteroatoms. The van der Waals surface area contributed by atoms with Crippen molar-refractivity contribution in [2.45, 2.75) is 18.3 Å². The maximum atomic E-state index is 12.7. The molecule has 0 N–H and O–H groups in total. The van der Waals surface area contributed by atoms with Gasteiger partial charge >= 0.3 is 17.9 Å². The molecule has 40 heavy (non-hydrogen) atoms. The minimum Gasteiger partial charge on any atom is -0.456 e. The molecule has 3 aromatic rings. The standard InChI is InChI=1S/C30H30Cl3NO6/c31-16-25(38-28(35)22-10-4-1-5-11-22)19-34(20-26(17-32)39-29(36)23-12-6-2-7-13-23)21-27(18-33)40-30(37)24-14-8-3-9-15-24/h1-15,25-27H,16-21H2. The fourth-order valence-corrected chi connectivity index (χ4v) is 4.30. The third-order valence-corrected chi connectivity index (χ3v) is 6.78. The lowest BCUT2D eigenvalue weighted by Crippen LogP contribution is -2.46. The van der Waals surface area contributed by atoms with Crippen LogP contribution in [0.5, 0.6) is 0 Å². The number of ether oxygens (including phenoxy) is 3. The second-order valence-electron chi connectivity index (χ2n) is 8.86. The van der Waals surface area contributed by atoms with Gasteiger partial charge in [-0.15, -0.1) is 34.8 Å². The number of hydrogen-bond donors (Lipinski definition) is 0. The molecule has 0 aliphatic heterocycles. The average molecular weight is 607 g/mol. The lowest BCUT2D eigenvalue weighted by Gasteiger charge is -2.31. The molecule has 3 atom stereocenters. The van der Waals surface area contributed by atoms with Crippen LogP contribution < -0.4 is 0 Å². The van der Waals surface area contributed by atoms with E-state index in [9.17, 15) is 14.4 Å². The largest absolute Gasteiger partial charge is 0.456 e. The Labute approximate surface area is 248 Å². The first kappa shape index (κ1) is 31.4. The first-order chi connectivity index (χ1) is 19.4. The highest BCUT2D eigenvalue weighted by Gasteiger charge is 2.27. The topological polar surface area (TPSA) is 82.1 Å². The zero-order valence-electron chi connectivity index (χ0n) is 21.7. The summed E-state index contributed by atoms with van der Waals surface area (Å²) < 4.78 is 17.0. The van der Waals surface area contributed by atoms with Crippen molar-refractivity contribution in [2.24, 2.45) is 0 Å². The third-order valence-electron chi connectivity index (χ3n) is 5.75. The molecule has 3 unspecified atom stereocenters. The van der Waals surface area contributed by atoms with Crippen LogP contribution in [0.25, 0.3) is 0 Å². The molecule has 0 amide bonds. The number of hydrogen-bond acceptors (Lipinski definition) is 7. The van der Waals surface area contributed by atoms with Crippen molar-refractivity contribution in [1.82, 2.24) is 4.90 Å². The molecule has 0 aromatic heterocycles. The van der Waals surface area contributed by atoms with Gasteiger partial charge in [0, 0.05) is 19.6 Å². The molecule has 212 valence electrons. The van der Waals surface area contributed by atoms with Crippen molar-refractivity contribution in [3.05, 3.63) is 108 Å². The van der Waals surface area contributed by atoms with Gasteiger partial charge in [0.25, 0.3) is 0 Å². The van der Waals surface area contributed by atoms with E-state index in [4.69, 9.17) is 49.0 Å². The summed E-state index contributed by atoms with van der Waals surface area (Å²) in [5.41, 5.74) is 1.15. The Hall–Kier alpha value is -3.10. The SMILES string of the molecule is O=C(OC(CCl)CN(CC(CCl)OC(=O)c1ccccc1)CC(CCl)OC(=O)c1ccccc1)c1ccccc1. The number of benzene rings is 3. The Kier molecular flexibility index (Phi) is 13.3. The van der Waals surface area contributed by atoms with Gasteiger partial charge in [-0.1, -0.05) is 54.6 Å². The molecular formula is C30H30Cl3NO6. The minimum absolute atomic E-state index is 0.000235. The summed E-state index contributed by atoms with van der Waals surface area (Å²) in [6.07, 6.45) is -2.18.